The fraction of sp³-hybridized carbons (Fsp3) is 0.320. The summed E-state index contributed by atoms with van der Waals surface area (Å²) in [7, 11) is 0. The number of hydrogen-bond acceptors (Lipinski definition) is 5. The van der Waals surface area contributed by atoms with Crippen molar-refractivity contribution in [1.29, 1.82) is 0 Å². The molecule has 7 heteroatoms. The zero-order valence-corrected chi connectivity index (χ0v) is 20.1. The minimum atomic E-state index is -0.203. The van der Waals surface area contributed by atoms with Crippen molar-refractivity contribution in [2.75, 3.05) is 29.1 Å². The van der Waals surface area contributed by atoms with Crippen LogP contribution in [0.5, 0.6) is 0 Å². The van der Waals surface area contributed by atoms with Crippen LogP contribution in [-0.4, -0.2) is 34.5 Å². The second kappa shape index (κ2) is 10.5. The molecule has 3 aromatic rings. The molecule has 2 aromatic carbocycles. The molecular weight excluding hydrogens is 420 g/mol. The van der Waals surface area contributed by atoms with Gasteiger partial charge in [0.2, 0.25) is 5.91 Å². The van der Waals surface area contributed by atoms with Gasteiger partial charge in [0.1, 0.15) is 5.03 Å². The van der Waals surface area contributed by atoms with Crippen LogP contribution in [0.4, 0.5) is 11.4 Å². The number of nitrogens with one attached hydrogen (secondary N) is 1. The lowest BCUT2D eigenvalue weighted by Gasteiger charge is -2.22. The number of nitrogens with zero attached hydrogens (tertiary/aromatic N) is 3. The molecule has 1 aromatic heterocycles. The maximum Gasteiger partial charge on any atom is 0.271 e. The lowest BCUT2D eigenvalue weighted by molar-refractivity contribution is -0.113. The Kier molecular flexibility index (Phi) is 7.75. The average Bonchev–Trinajstić information content (AvgIpc) is 2.78. The molecular formula is C25H30N4O2S. The lowest BCUT2D eigenvalue weighted by atomic mass is 10.1. The van der Waals surface area contributed by atoms with Gasteiger partial charge in [0.25, 0.3) is 5.56 Å². The smallest absolute Gasteiger partial charge is 0.271 e. The van der Waals surface area contributed by atoms with Crippen molar-refractivity contribution in [2.24, 2.45) is 0 Å². The number of hydrogen-bond donors (Lipinski definition) is 1. The Hall–Kier alpha value is -3.06. The first-order valence-corrected chi connectivity index (χ1v) is 11.8. The molecule has 6 nitrogen and oxygen atoms in total. The molecule has 0 aliphatic heterocycles. The van der Waals surface area contributed by atoms with E-state index in [4.69, 9.17) is 0 Å². The van der Waals surface area contributed by atoms with Crippen molar-refractivity contribution in [3.8, 4) is 5.69 Å². The van der Waals surface area contributed by atoms with Gasteiger partial charge in [0.05, 0.1) is 11.4 Å². The molecule has 32 heavy (non-hydrogen) atoms. The van der Waals surface area contributed by atoms with Gasteiger partial charge in [-0.2, -0.15) is 9.78 Å². The van der Waals surface area contributed by atoms with Gasteiger partial charge in [-0.05, 0) is 87.7 Å². The molecule has 1 amide bonds. The van der Waals surface area contributed by atoms with Gasteiger partial charge in [0.15, 0.2) is 0 Å². The number of carbonyl (C=O) groups is 1. The molecule has 3 rings (SSSR count). The molecule has 0 fully saturated rings. The Balaban J connectivity index is 1.67. The number of carbonyl (C=O) groups excluding carboxylic acids is 1. The average molecular weight is 451 g/mol. The third kappa shape index (κ3) is 5.59. The first-order chi connectivity index (χ1) is 15.3. The second-order valence-corrected chi connectivity index (χ2v) is 8.69. The predicted molar refractivity (Wildman–Crippen MR) is 133 cm³/mol. The first-order valence-electron chi connectivity index (χ1n) is 10.8. The van der Waals surface area contributed by atoms with E-state index in [9.17, 15) is 9.59 Å². The topological polar surface area (TPSA) is 67.2 Å². The third-order valence-corrected chi connectivity index (χ3v) is 6.39. The fourth-order valence-electron chi connectivity index (χ4n) is 3.41. The number of benzene rings is 2. The Bertz CT molecular complexity index is 1170. The molecule has 168 valence electrons. The Morgan fingerprint density at radius 1 is 0.969 bits per heavy atom. The van der Waals surface area contributed by atoms with Crippen molar-refractivity contribution in [2.45, 2.75) is 39.6 Å². The molecule has 1 heterocycles. The van der Waals surface area contributed by atoms with Crippen LogP contribution in [0.1, 0.15) is 30.5 Å². The number of rotatable bonds is 8. The normalized spacial score (nSPS) is 10.8. The quantitative estimate of drug-likeness (QED) is 0.502. The second-order valence-electron chi connectivity index (χ2n) is 7.70. The minimum Gasteiger partial charge on any atom is -0.372 e. The molecule has 0 atom stereocenters. The van der Waals surface area contributed by atoms with Gasteiger partial charge >= 0.3 is 0 Å². The number of amides is 1. The van der Waals surface area contributed by atoms with E-state index < -0.39 is 0 Å². The van der Waals surface area contributed by atoms with E-state index >= 15 is 0 Å². The van der Waals surface area contributed by atoms with Crippen molar-refractivity contribution >= 4 is 29.0 Å². The first kappa shape index (κ1) is 23.6. The summed E-state index contributed by atoms with van der Waals surface area (Å²) >= 11 is 1.30. The van der Waals surface area contributed by atoms with Gasteiger partial charge in [-0.15, -0.1) is 0 Å². The fourth-order valence-corrected chi connectivity index (χ4v) is 4.07. The van der Waals surface area contributed by atoms with Crippen molar-refractivity contribution in [3.63, 3.8) is 0 Å². The van der Waals surface area contributed by atoms with Gasteiger partial charge in [-0.1, -0.05) is 17.8 Å². The van der Waals surface area contributed by atoms with Crippen LogP contribution in [0.2, 0.25) is 0 Å². The van der Waals surface area contributed by atoms with E-state index in [-0.39, 0.29) is 17.2 Å². The number of anilines is 2. The zero-order valence-electron chi connectivity index (χ0n) is 19.3. The largest absolute Gasteiger partial charge is 0.372 e. The molecule has 0 spiro atoms. The summed E-state index contributed by atoms with van der Waals surface area (Å²) in [6, 6.07) is 15.0. The summed E-state index contributed by atoms with van der Waals surface area (Å²) in [4.78, 5) is 27.1. The van der Waals surface area contributed by atoms with Crippen LogP contribution in [-0.2, 0) is 4.79 Å². The highest BCUT2D eigenvalue weighted by Gasteiger charge is 2.10. The van der Waals surface area contributed by atoms with Crippen LogP contribution in [0.25, 0.3) is 5.69 Å². The summed E-state index contributed by atoms with van der Waals surface area (Å²) < 4.78 is 1.38. The SMILES string of the molecule is CCN(CC)c1ccc(NC(=O)CSc2ccc(=O)n(-c3ccc(C)c(C)c3)n2)c(C)c1. The maximum absolute atomic E-state index is 12.5. The van der Waals surface area contributed by atoms with Crippen LogP contribution in [0.15, 0.2) is 58.4 Å². The van der Waals surface area contributed by atoms with Crippen LogP contribution >= 0.6 is 11.8 Å². The van der Waals surface area contributed by atoms with Crippen molar-refractivity contribution in [1.82, 2.24) is 9.78 Å². The molecule has 0 saturated carbocycles. The Morgan fingerprint density at radius 2 is 1.72 bits per heavy atom. The molecule has 0 aliphatic rings. The van der Waals surface area contributed by atoms with Gasteiger partial charge in [-0.3, -0.25) is 9.59 Å². The molecule has 0 bridgehead atoms. The third-order valence-electron chi connectivity index (χ3n) is 5.47. The number of thioether (sulfide) groups is 1. The molecule has 0 radical (unpaired) electrons. The summed E-state index contributed by atoms with van der Waals surface area (Å²) in [6.45, 7) is 12.2. The lowest BCUT2D eigenvalue weighted by Crippen LogP contribution is -2.22. The van der Waals surface area contributed by atoms with Crippen molar-refractivity contribution in [3.05, 3.63) is 75.6 Å². The highest BCUT2D eigenvalue weighted by Crippen LogP contribution is 2.23. The van der Waals surface area contributed by atoms with Gasteiger partial charge in [0, 0.05) is 30.5 Å². The van der Waals surface area contributed by atoms with Gasteiger partial charge < -0.3 is 10.2 Å². The number of aromatic nitrogens is 2. The van der Waals surface area contributed by atoms with E-state index in [2.05, 4.69) is 35.2 Å². The molecule has 1 N–H and O–H groups in total. The molecule has 0 unspecified atom stereocenters. The van der Waals surface area contributed by atoms with E-state index in [0.717, 1.165) is 41.2 Å². The highest BCUT2D eigenvalue weighted by molar-refractivity contribution is 7.99. The minimum absolute atomic E-state index is 0.112. The van der Waals surface area contributed by atoms with Gasteiger partial charge in [-0.25, -0.2) is 0 Å². The van der Waals surface area contributed by atoms with Crippen molar-refractivity contribution < 1.29 is 4.79 Å². The highest BCUT2D eigenvalue weighted by atomic mass is 32.2. The predicted octanol–water partition coefficient (Wildman–Crippen LogP) is 4.73. The van der Waals surface area contributed by atoms with Crippen LogP contribution in [0.3, 0.4) is 0 Å². The van der Waals surface area contributed by atoms with E-state index in [1.807, 2.05) is 51.1 Å². The van der Waals surface area contributed by atoms with Crippen LogP contribution < -0.4 is 15.8 Å². The monoisotopic (exact) mass is 450 g/mol. The summed E-state index contributed by atoms with van der Waals surface area (Å²) in [5.74, 6) is 0.0921. The Labute approximate surface area is 193 Å². The molecule has 0 aliphatic carbocycles. The summed E-state index contributed by atoms with van der Waals surface area (Å²) in [5, 5.41) is 8.04. The standard InChI is InChI=1S/C25H30N4O2S/c1-6-28(7-2)20-10-11-22(19(5)15-20)26-23(30)16-32-24-12-13-25(31)29(27-24)21-9-8-17(3)18(4)14-21/h8-15H,6-7,16H2,1-5H3,(H,26,30). The van der Waals surface area contributed by atoms with Crippen LogP contribution in [0, 0.1) is 20.8 Å². The van der Waals surface area contributed by atoms with E-state index in [0.29, 0.717) is 10.7 Å². The summed E-state index contributed by atoms with van der Waals surface area (Å²) in [6.07, 6.45) is 0. The number of aryl methyl sites for hydroxylation is 3. The van der Waals surface area contributed by atoms with E-state index in [1.54, 1.807) is 6.07 Å². The summed E-state index contributed by atoms with van der Waals surface area (Å²) in [5.41, 5.74) is 5.74. The molecule has 0 saturated heterocycles. The maximum atomic E-state index is 12.5. The van der Waals surface area contributed by atoms with E-state index in [1.165, 1.54) is 22.5 Å². The zero-order chi connectivity index (χ0) is 23.3. The Morgan fingerprint density at radius 3 is 2.38 bits per heavy atom.